The van der Waals surface area contributed by atoms with Crippen molar-refractivity contribution in [1.82, 2.24) is 10.2 Å². The average Bonchev–Trinajstić information content (AvgIpc) is 2.63. The predicted octanol–water partition coefficient (Wildman–Crippen LogP) is 1.24. The summed E-state index contributed by atoms with van der Waals surface area (Å²) >= 11 is 0. The lowest BCUT2D eigenvalue weighted by Crippen LogP contribution is -2.44. The maximum atomic E-state index is 9.35. The molecule has 2 atom stereocenters. The lowest BCUT2D eigenvalue weighted by Gasteiger charge is -2.29. The molecule has 0 bridgehead atoms. The van der Waals surface area contributed by atoms with Gasteiger partial charge in [-0.1, -0.05) is 6.92 Å². The zero-order valence-electron chi connectivity index (χ0n) is 12.2. The SMILES string of the molecule is CCC1CN(CCCC(C)(CO)NC)CCCO1. The van der Waals surface area contributed by atoms with Gasteiger partial charge in [0, 0.05) is 25.2 Å². The second-order valence-corrected chi connectivity index (χ2v) is 5.63. The van der Waals surface area contributed by atoms with Crippen LogP contribution in [0.25, 0.3) is 0 Å². The predicted molar refractivity (Wildman–Crippen MR) is 74.9 cm³/mol. The lowest BCUT2D eigenvalue weighted by atomic mass is 9.97. The normalized spacial score (nSPS) is 25.7. The number of nitrogens with zero attached hydrogens (tertiary/aromatic N) is 1. The largest absolute Gasteiger partial charge is 0.394 e. The third-order valence-electron chi connectivity index (χ3n) is 4.04. The minimum atomic E-state index is -0.132. The Kier molecular flexibility index (Phi) is 7.15. The number of hydrogen-bond donors (Lipinski definition) is 2. The highest BCUT2D eigenvalue weighted by atomic mass is 16.5. The molecule has 18 heavy (non-hydrogen) atoms. The molecule has 1 heterocycles. The van der Waals surface area contributed by atoms with Gasteiger partial charge >= 0.3 is 0 Å². The van der Waals surface area contributed by atoms with E-state index in [1.54, 1.807) is 0 Å². The zero-order chi connectivity index (χ0) is 13.4. The van der Waals surface area contributed by atoms with Gasteiger partial charge < -0.3 is 20.1 Å². The number of ether oxygens (including phenoxy) is 1. The molecule has 1 rings (SSSR count). The number of rotatable bonds is 7. The van der Waals surface area contributed by atoms with Crippen molar-refractivity contribution in [2.24, 2.45) is 0 Å². The Labute approximate surface area is 112 Å². The first kappa shape index (κ1) is 15.9. The van der Waals surface area contributed by atoms with Crippen LogP contribution in [0.15, 0.2) is 0 Å². The first-order valence-corrected chi connectivity index (χ1v) is 7.27. The van der Waals surface area contributed by atoms with Crippen molar-refractivity contribution in [3.8, 4) is 0 Å². The van der Waals surface area contributed by atoms with Crippen molar-refractivity contribution >= 4 is 0 Å². The molecule has 108 valence electrons. The fourth-order valence-electron chi connectivity index (χ4n) is 2.40. The highest BCUT2D eigenvalue weighted by Gasteiger charge is 2.21. The first-order valence-electron chi connectivity index (χ1n) is 7.27. The topological polar surface area (TPSA) is 44.7 Å². The zero-order valence-corrected chi connectivity index (χ0v) is 12.2. The Hall–Kier alpha value is -0.160. The van der Waals surface area contributed by atoms with E-state index in [1.165, 1.54) is 0 Å². The number of likely N-dealkylation sites (N-methyl/N-ethyl adjacent to an activating group) is 1. The molecule has 4 heteroatoms. The number of nitrogens with one attached hydrogen (secondary N) is 1. The van der Waals surface area contributed by atoms with Gasteiger partial charge in [0.05, 0.1) is 12.7 Å². The van der Waals surface area contributed by atoms with Gasteiger partial charge in [-0.15, -0.1) is 0 Å². The van der Waals surface area contributed by atoms with Gasteiger partial charge in [0.25, 0.3) is 0 Å². The molecule has 0 saturated carbocycles. The Morgan fingerprint density at radius 2 is 2.28 bits per heavy atom. The first-order chi connectivity index (χ1) is 8.63. The molecule has 0 aromatic heterocycles. The molecule has 0 aromatic carbocycles. The van der Waals surface area contributed by atoms with E-state index in [1.807, 2.05) is 7.05 Å². The minimum Gasteiger partial charge on any atom is -0.394 e. The van der Waals surface area contributed by atoms with Crippen LogP contribution in [0.3, 0.4) is 0 Å². The highest BCUT2D eigenvalue weighted by Crippen LogP contribution is 2.14. The fraction of sp³-hybridized carbons (Fsp3) is 1.00. The van der Waals surface area contributed by atoms with Crippen LogP contribution in [0.2, 0.25) is 0 Å². The molecule has 0 aliphatic carbocycles. The summed E-state index contributed by atoms with van der Waals surface area (Å²) < 4.78 is 5.78. The van der Waals surface area contributed by atoms with Crippen LogP contribution in [0, 0.1) is 0 Å². The molecule has 0 spiro atoms. The number of aliphatic hydroxyl groups excluding tert-OH is 1. The Morgan fingerprint density at radius 3 is 2.89 bits per heavy atom. The second kappa shape index (κ2) is 8.10. The molecular formula is C14H30N2O2. The smallest absolute Gasteiger partial charge is 0.0699 e. The molecule has 1 aliphatic rings. The third kappa shape index (κ3) is 5.22. The third-order valence-corrected chi connectivity index (χ3v) is 4.04. The number of hydrogen-bond acceptors (Lipinski definition) is 4. The highest BCUT2D eigenvalue weighted by molar-refractivity contribution is 4.81. The van der Waals surface area contributed by atoms with Crippen molar-refractivity contribution in [2.75, 3.05) is 39.9 Å². The summed E-state index contributed by atoms with van der Waals surface area (Å²) in [4.78, 5) is 2.51. The van der Waals surface area contributed by atoms with E-state index in [9.17, 15) is 5.11 Å². The van der Waals surface area contributed by atoms with Gasteiger partial charge in [0.15, 0.2) is 0 Å². The van der Waals surface area contributed by atoms with Gasteiger partial charge in [-0.2, -0.15) is 0 Å². The summed E-state index contributed by atoms with van der Waals surface area (Å²) in [6.07, 6.45) is 4.77. The summed E-state index contributed by atoms with van der Waals surface area (Å²) in [5.74, 6) is 0. The van der Waals surface area contributed by atoms with Crippen LogP contribution in [0.4, 0.5) is 0 Å². The molecule has 4 nitrogen and oxygen atoms in total. The lowest BCUT2D eigenvalue weighted by molar-refractivity contribution is 0.0513. The molecule has 0 aromatic rings. The van der Waals surface area contributed by atoms with E-state index < -0.39 is 0 Å². The number of aliphatic hydroxyl groups is 1. The summed E-state index contributed by atoms with van der Waals surface area (Å²) in [7, 11) is 1.92. The quantitative estimate of drug-likeness (QED) is 0.721. The van der Waals surface area contributed by atoms with Crippen LogP contribution in [-0.4, -0.2) is 61.5 Å². The van der Waals surface area contributed by atoms with Crippen molar-refractivity contribution in [1.29, 1.82) is 0 Å². The van der Waals surface area contributed by atoms with Crippen LogP contribution in [0.5, 0.6) is 0 Å². The minimum absolute atomic E-state index is 0.132. The maximum absolute atomic E-state index is 9.35. The second-order valence-electron chi connectivity index (χ2n) is 5.63. The van der Waals surface area contributed by atoms with E-state index in [0.717, 1.165) is 51.9 Å². The summed E-state index contributed by atoms with van der Waals surface area (Å²) in [5.41, 5.74) is -0.132. The summed E-state index contributed by atoms with van der Waals surface area (Å²) in [5, 5.41) is 12.6. The van der Waals surface area contributed by atoms with E-state index >= 15 is 0 Å². The Morgan fingerprint density at radius 1 is 1.50 bits per heavy atom. The molecule has 1 saturated heterocycles. The van der Waals surface area contributed by atoms with E-state index in [-0.39, 0.29) is 12.1 Å². The molecule has 1 fully saturated rings. The van der Waals surface area contributed by atoms with Gasteiger partial charge in [-0.05, 0) is 46.2 Å². The monoisotopic (exact) mass is 258 g/mol. The molecule has 0 amide bonds. The van der Waals surface area contributed by atoms with Crippen LogP contribution >= 0.6 is 0 Å². The molecule has 2 N–H and O–H groups in total. The van der Waals surface area contributed by atoms with Gasteiger partial charge in [-0.25, -0.2) is 0 Å². The van der Waals surface area contributed by atoms with Gasteiger partial charge in [-0.3, -0.25) is 0 Å². The van der Waals surface area contributed by atoms with E-state index in [4.69, 9.17) is 4.74 Å². The van der Waals surface area contributed by atoms with Crippen molar-refractivity contribution in [3.63, 3.8) is 0 Å². The standard InChI is InChI=1S/C14H30N2O2/c1-4-13-11-16(9-6-10-18-13)8-5-7-14(2,12-17)15-3/h13,15,17H,4-12H2,1-3H3. The summed E-state index contributed by atoms with van der Waals surface area (Å²) in [6.45, 7) is 8.68. The Balaban J connectivity index is 2.29. The van der Waals surface area contributed by atoms with Gasteiger partial charge in [0.1, 0.15) is 0 Å². The van der Waals surface area contributed by atoms with E-state index in [2.05, 4.69) is 24.1 Å². The summed E-state index contributed by atoms with van der Waals surface area (Å²) in [6, 6.07) is 0. The fourth-order valence-corrected chi connectivity index (χ4v) is 2.40. The van der Waals surface area contributed by atoms with Crippen LogP contribution in [0.1, 0.15) is 39.5 Å². The maximum Gasteiger partial charge on any atom is 0.0699 e. The van der Waals surface area contributed by atoms with Crippen molar-refractivity contribution in [2.45, 2.75) is 51.2 Å². The molecule has 1 aliphatic heterocycles. The average molecular weight is 258 g/mol. The molecule has 0 radical (unpaired) electrons. The van der Waals surface area contributed by atoms with E-state index in [0.29, 0.717) is 6.10 Å². The van der Waals surface area contributed by atoms with Crippen LogP contribution < -0.4 is 5.32 Å². The molecular weight excluding hydrogens is 228 g/mol. The molecule has 2 unspecified atom stereocenters. The Bertz CT molecular complexity index is 220. The van der Waals surface area contributed by atoms with Gasteiger partial charge in [0.2, 0.25) is 0 Å². The van der Waals surface area contributed by atoms with Crippen molar-refractivity contribution in [3.05, 3.63) is 0 Å². The van der Waals surface area contributed by atoms with Crippen LogP contribution in [-0.2, 0) is 4.74 Å². The van der Waals surface area contributed by atoms with Crippen molar-refractivity contribution < 1.29 is 9.84 Å².